The Labute approximate surface area is 300 Å². The summed E-state index contributed by atoms with van der Waals surface area (Å²) in [5.41, 5.74) is 18.2. The molecule has 3 aromatic carbocycles. The van der Waals surface area contributed by atoms with E-state index in [1.165, 1.54) is 0 Å². The molecule has 0 saturated heterocycles. The number of nitrogen functional groups attached to an aromatic ring is 1. The molecule has 13 nitrogen and oxygen atoms in total. The zero-order valence-electron chi connectivity index (χ0n) is 29.0. The molecule has 8 N–H and O–H groups in total. The molecule has 0 aliphatic carbocycles. The molecule has 0 saturated carbocycles. The van der Waals surface area contributed by atoms with E-state index >= 15 is 0 Å². The summed E-state index contributed by atoms with van der Waals surface area (Å²) in [6.07, 6.45) is 5.25. The van der Waals surface area contributed by atoms with Gasteiger partial charge >= 0.3 is 0 Å². The maximum Gasteiger partial charge on any atom is 0.243 e. The van der Waals surface area contributed by atoms with Crippen LogP contribution in [0.25, 0.3) is 32.8 Å². The van der Waals surface area contributed by atoms with Crippen LogP contribution in [-0.4, -0.2) is 55.7 Å². The number of nitrogens with zero attached hydrogens (tertiary/aromatic N) is 3. The fourth-order valence-corrected chi connectivity index (χ4v) is 6.50. The van der Waals surface area contributed by atoms with Crippen molar-refractivity contribution in [1.82, 2.24) is 35.5 Å². The standard InChI is InChI=1S/C39H43N9O4/c1-2-3-12-33-47-35-36(28-9-5-7-11-30(28)45-37(35)40)48(33)22-25-15-13-24(14-16-25)20-43-34(50)18-17-31(38(41)51)46-39(52)32(44-23-49)19-26-21-42-29-10-6-4-8-27(26)29/h4-11,13-16,21,23,31-32,42H,2-3,12,17-20,22H2,1H3,(H2,40,45)(H2,41,51)(H,43,50)(H,44,49)(H,46,52). The highest BCUT2D eigenvalue weighted by Gasteiger charge is 2.26. The Morgan fingerprint density at radius 3 is 2.42 bits per heavy atom. The van der Waals surface area contributed by atoms with Crippen molar-refractivity contribution in [1.29, 1.82) is 0 Å². The van der Waals surface area contributed by atoms with E-state index in [4.69, 9.17) is 16.5 Å². The van der Waals surface area contributed by atoms with E-state index in [0.29, 0.717) is 24.3 Å². The van der Waals surface area contributed by atoms with E-state index in [1.54, 1.807) is 6.20 Å². The Kier molecular flexibility index (Phi) is 11.1. The fraction of sp³-hybridized carbons (Fsp3) is 0.282. The van der Waals surface area contributed by atoms with Crippen LogP contribution in [0.5, 0.6) is 0 Å². The summed E-state index contributed by atoms with van der Waals surface area (Å²) in [5, 5.41) is 9.95. The molecule has 268 valence electrons. The normalized spacial score (nSPS) is 12.5. The minimum absolute atomic E-state index is 0.000677. The lowest BCUT2D eigenvalue weighted by atomic mass is 10.0. The minimum atomic E-state index is -1.10. The largest absolute Gasteiger partial charge is 0.382 e. The van der Waals surface area contributed by atoms with Crippen LogP contribution in [0, 0.1) is 0 Å². The van der Waals surface area contributed by atoms with E-state index in [-0.39, 0.29) is 31.7 Å². The van der Waals surface area contributed by atoms with Gasteiger partial charge in [-0.05, 0) is 41.7 Å². The number of carbonyl (C=O) groups is 4. The summed E-state index contributed by atoms with van der Waals surface area (Å²) in [4.78, 5) is 62.1. The fourth-order valence-electron chi connectivity index (χ4n) is 6.50. The highest BCUT2D eigenvalue weighted by molar-refractivity contribution is 6.06. The van der Waals surface area contributed by atoms with Crippen LogP contribution in [0.2, 0.25) is 0 Å². The van der Waals surface area contributed by atoms with Crippen LogP contribution in [0.15, 0.2) is 79.0 Å². The van der Waals surface area contributed by atoms with Crippen molar-refractivity contribution in [3.05, 3.63) is 102 Å². The van der Waals surface area contributed by atoms with E-state index in [9.17, 15) is 19.2 Å². The number of amides is 4. The molecule has 52 heavy (non-hydrogen) atoms. The van der Waals surface area contributed by atoms with E-state index < -0.39 is 23.9 Å². The van der Waals surface area contributed by atoms with Gasteiger partial charge < -0.3 is 37.0 Å². The third-order valence-electron chi connectivity index (χ3n) is 9.30. The number of aromatic amines is 1. The van der Waals surface area contributed by atoms with Crippen molar-refractivity contribution in [2.45, 2.75) is 70.6 Å². The molecule has 0 aliphatic rings. The summed E-state index contributed by atoms with van der Waals surface area (Å²) in [7, 11) is 0. The van der Waals surface area contributed by atoms with Gasteiger partial charge in [0, 0.05) is 54.8 Å². The number of pyridine rings is 1. The lowest BCUT2D eigenvalue weighted by Gasteiger charge is -2.20. The van der Waals surface area contributed by atoms with Gasteiger partial charge in [0.25, 0.3) is 0 Å². The smallest absolute Gasteiger partial charge is 0.243 e. The number of nitrogens with two attached hydrogens (primary N) is 2. The van der Waals surface area contributed by atoms with Gasteiger partial charge in [0.2, 0.25) is 24.1 Å². The van der Waals surface area contributed by atoms with E-state index in [0.717, 1.165) is 69.1 Å². The summed E-state index contributed by atoms with van der Waals surface area (Å²) >= 11 is 0. The second-order valence-corrected chi connectivity index (χ2v) is 12.9. The van der Waals surface area contributed by atoms with E-state index in [1.807, 2.05) is 72.8 Å². The number of fused-ring (bicyclic) bond motifs is 4. The van der Waals surface area contributed by atoms with Gasteiger partial charge in [-0.15, -0.1) is 0 Å². The monoisotopic (exact) mass is 701 g/mol. The van der Waals surface area contributed by atoms with Crippen LogP contribution in [0.3, 0.4) is 0 Å². The molecule has 2 unspecified atom stereocenters. The van der Waals surface area contributed by atoms with Crippen LogP contribution < -0.4 is 27.4 Å². The molecule has 3 heterocycles. The summed E-state index contributed by atoms with van der Waals surface area (Å²) in [5.74, 6) is -0.260. The number of unbranched alkanes of at least 4 members (excludes halogenated alkanes) is 1. The van der Waals surface area contributed by atoms with Gasteiger partial charge in [-0.2, -0.15) is 0 Å². The molecule has 2 atom stereocenters. The third kappa shape index (κ3) is 8.04. The van der Waals surface area contributed by atoms with Gasteiger partial charge in [-0.1, -0.05) is 74.0 Å². The lowest BCUT2D eigenvalue weighted by Crippen LogP contribution is -2.52. The number of carbonyl (C=O) groups excluding carboxylic acids is 4. The van der Waals surface area contributed by atoms with Crippen molar-refractivity contribution < 1.29 is 19.2 Å². The number of hydrogen-bond acceptors (Lipinski definition) is 7. The number of para-hydroxylation sites is 2. The predicted molar refractivity (Wildman–Crippen MR) is 201 cm³/mol. The molecule has 0 aliphatic heterocycles. The summed E-state index contributed by atoms with van der Waals surface area (Å²) in [6, 6.07) is 21.5. The summed E-state index contributed by atoms with van der Waals surface area (Å²) in [6.45, 7) is 3.04. The molecule has 13 heteroatoms. The zero-order chi connectivity index (χ0) is 36.6. The number of H-pyrrole nitrogens is 1. The molecular formula is C39H43N9O4. The number of aryl methyl sites for hydroxylation is 1. The molecule has 4 amide bonds. The van der Waals surface area contributed by atoms with Gasteiger partial charge in [0.05, 0.1) is 11.0 Å². The number of aromatic nitrogens is 4. The SMILES string of the molecule is CCCCc1nc2c(N)nc3ccccc3c2n1Cc1ccc(CNC(=O)CCC(NC(=O)C(Cc2c[nH]c3ccccc23)NC=O)C(N)=O)cc1. The Hall–Kier alpha value is -6.24. The van der Waals surface area contributed by atoms with Gasteiger partial charge in [-0.25, -0.2) is 9.97 Å². The van der Waals surface area contributed by atoms with Crippen LogP contribution in [-0.2, 0) is 45.1 Å². The average molecular weight is 702 g/mol. The van der Waals surface area contributed by atoms with Crippen molar-refractivity contribution in [2.75, 3.05) is 5.73 Å². The van der Waals surface area contributed by atoms with Gasteiger partial charge in [-0.3, -0.25) is 19.2 Å². The first-order valence-electron chi connectivity index (χ1n) is 17.5. The quantitative estimate of drug-likeness (QED) is 0.0777. The molecule has 6 aromatic rings. The number of benzene rings is 3. The van der Waals surface area contributed by atoms with Gasteiger partial charge in [0.1, 0.15) is 23.4 Å². The zero-order valence-corrected chi connectivity index (χ0v) is 29.0. The molecule has 0 bridgehead atoms. The molecule has 0 fully saturated rings. The number of nitrogens with one attached hydrogen (secondary N) is 4. The second kappa shape index (κ2) is 16.2. The highest BCUT2D eigenvalue weighted by Crippen LogP contribution is 2.30. The van der Waals surface area contributed by atoms with Crippen molar-refractivity contribution >= 4 is 62.8 Å². The molecule has 6 rings (SSSR count). The lowest BCUT2D eigenvalue weighted by molar-refractivity contribution is -0.130. The van der Waals surface area contributed by atoms with E-state index in [2.05, 4.69) is 37.4 Å². The summed E-state index contributed by atoms with van der Waals surface area (Å²) < 4.78 is 2.23. The number of hydrogen-bond donors (Lipinski definition) is 6. The van der Waals surface area contributed by atoms with Crippen LogP contribution in [0.4, 0.5) is 5.82 Å². The first-order valence-corrected chi connectivity index (χ1v) is 17.5. The van der Waals surface area contributed by atoms with Crippen molar-refractivity contribution in [3.8, 4) is 0 Å². The maximum absolute atomic E-state index is 13.1. The Morgan fingerprint density at radius 2 is 1.67 bits per heavy atom. The number of imidazole rings is 1. The van der Waals surface area contributed by atoms with Crippen LogP contribution >= 0.6 is 0 Å². The van der Waals surface area contributed by atoms with Crippen LogP contribution in [0.1, 0.15) is 55.1 Å². The third-order valence-corrected chi connectivity index (χ3v) is 9.30. The topological polar surface area (TPSA) is 203 Å². The molecule has 0 spiro atoms. The molecular weight excluding hydrogens is 658 g/mol. The first kappa shape index (κ1) is 35.6. The highest BCUT2D eigenvalue weighted by atomic mass is 16.2. The number of rotatable bonds is 17. The number of primary amides is 1. The first-order chi connectivity index (χ1) is 25.2. The Bertz CT molecular complexity index is 2220. The minimum Gasteiger partial charge on any atom is -0.382 e. The Balaban J connectivity index is 1.05. The molecule has 3 aromatic heterocycles. The van der Waals surface area contributed by atoms with Gasteiger partial charge in [0.15, 0.2) is 5.82 Å². The Morgan fingerprint density at radius 1 is 0.942 bits per heavy atom. The predicted octanol–water partition coefficient (Wildman–Crippen LogP) is 3.76. The molecule has 0 radical (unpaired) electrons. The average Bonchev–Trinajstić information content (AvgIpc) is 3.73. The van der Waals surface area contributed by atoms with Crippen molar-refractivity contribution in [3.63, 3.8) is 0 Å². The van der Waals surface area contributed by atoms with Crippen molar-refractivity contribution in [2.24, 2.45) is 5.73 Å². The maximum atomic E-state index is 13.1. The number of anilines is 1. The second-order valence-electron chi connectivity index (χ2n) is 12.9.